The summed E-state index contributed by atoms with van der Waals surface area (Å²) in [4.78, 5) is 30.6. The molecule has 8 heteroatoms. The zero-order chi connectivity index (χ0) is 20.1. The highest BCUT2D eigenvalue weighted by Crippen LogP contribution is 2.31. The van der Waals surface area contributed by atoms with E-state index in [1.165, 1.54) is 28.8 Å². The Balaban J connectivity index is 1.65. The lowest BCUT2D eigenvalue weighted by Crippen LogP contribution is -2.30. The maximum atomic E-state index is 13.7. The summed E-state index contributed by atoms with van der Waals surface area (Å²) in [6.45, 7) is 2.49. The molecule has 1 atom stereocenters. The zero-order valence-corrected chi connectivity index (χ0v) is 16.3. The van der Waals surface area contributed by atoms with Gasteiger partial charge in [0.1, 0.15) is 16.8 Å². The van der Waals surface area contributed by atoms with Crippen LogP contribution in [0.15, 0.2) is 53.5 Å². The van der Waals surface area contributed by atoms with Crippen LogP contribution in [0, 0.1) is 5.82 Å². The van der Waals surface area contributed by atoms with Crippen LogP contribution in [-0.4, -0.2) is 40.8 Å². The van der Waals surface area contributed by atoms with E-state index in [0.29, 0.717) is 17.5 Å². The van der Waals surface area contributed by atoms with Crippen LogP contribution in [0.3, 0.4) is 0 Å². The quantitative estimate of drug-likeness (QED) is 0.799. The van der Waals surface area contributed by atoms with Gasteiger partial charge in [0.05, 0.1) is 18.0 Å². The first-order valence-electron chi connectivity index (χ1n) is 8.78. The van der Waals surface area contributed by atoms with Crippen molar-refractivity contribution in [3.8, 4) is 5.75 Å². The molecular formula is C20H20FN3O3S. The number of nitrogens with zero attached hydrogens (tertiary/aromatic N) is 2. The number of benzene rings is 2. The molecule has 1 saturated heterocycles. The van der Waals surface area contributed by atoms with Crippen molar-refractivity contribution in [3.05, 3.63) is 54.3 Å². The Morgan fingerprint density at radius 3 is 2.64 bits per heavy atom. The number of halogens is 1. The fraction of sp³-hybridized carbons (Fsp3) is 0.250. The minimum absolute atomic E-state index is 0.0650. The van der Waals surface area contributed by atoms with Crippen molar-refractivity contribution in [2.24, 2.45) is 4.99 Å². The summed E-state index contributed by atoms with van der Waals surface area (Å²) in [7, 11) is 1.62. The molecule has 146 valence electrons. The standard InChI is InChI=1S/C20H20FN3O3S/c1-3-27-14-10-8-13(9-11-14)22-20-24(2)19(26)17(28-20)12-18(25)23-16-7-5-4-6-15(16)21/h4-11,17H,3,12H2,1-2H3,(H,23,25)/t17-/m1/s1. The monoisotopic (exact) mass is 401 g/mol. The number of hydrogen-bond acceptors (Lipinski definition) is 5. The lowest BCUT2D eigenvalue weighted by Gasteiger charge is -2.09. The molecule has 2 aromatic rings. The second-order valence-corrected chi connectivity index (χ2v) is 7.23. The highest BCUT2D eigenvalue weighted by Gasteiger charge is 2.37. The Labute approximate surface area is 166 Å². The third-order valence-corrected chi connectivity index (χ3v) is 5.26. The van der Waals surface area contributed by atoms with Crippen molar-refractivity contribution in [2.45, 2.75) is 18.6 Å². The molecule has 1 N–H and O–H groups in total. The van der Waals surface area contributed by atoms with Crippen LogP contribution in [0.5, 0.6) is 5.75 Å². The molecule has 0 aromatic heterocycles. The van der Waals surface area contributed by atoms with Crippen molar-refractivity contribution in [2.75, 3.05) is 19.0 Å². The highest BCUT2D eigenvalue weighted by atomic mass is 32.2. The van der Waals surface area contributed by atoms with Gasteiger partial charge in [-0.05, 0) is 43.3 Å². The molecule has 0 saturated carbocycles. The molecule has 0 bridgehead atoms. The molecule has 3 rings (SSSR count). The molecule has 2 amide bonds. The van der Waals surface area contributed by atoms with Crippen molar-refractivity contribution >= 4 is 40.1 Å². The Kier molecular flexibility index (Phi) is 6.30. The van der Waals surface area contributed by atoms with E-state index in [-0.39, 0.29) is 18.0 Å². The second kappa shape index (κ2) is 8.88. The average Bonchev–Trinajstić information content (AvgIpc) is 2.93. The fourth-order valence-electron chi connectivity index (χ4n) is 2.62. The maximum absolute atomic E-state index is 13.7. The molecule has 1 fully saturated rings. The predicted octanol–water partition coefficient (Wildman–Crippen LogP) is 3.81. The minimum Gasteiger partial charge on any atom is -0.494 e. The zero-order valence-electron chi connectivity index (χ0n) is 15.5. The van der Waals surface area contributed by atoms with Gasteiger partial charge in [-0.2, -0.15) is 0 Å². The number of para-hydroxylation sites is 1. The molecule has 28 heavy (non-hydrogen) atoms. The van der Waals surface area contributed by atoms with Crippen molar-refractivity contribution < 1.29 is 18.7 Å². The van der Waals surface area contributed by atoms with E-state index in [0.717, 1.165) is 5.75 Å². The Hall–Kier alpha value is -2.87. The summed E-state index contributed by atoms with van der Waals surface area (Å²) in [6, 6.07) is 13.1. The third-order valence-electron chi connectivity index (χ3n) is 4.03. The first kappa shape index (κ1) is 19.9. The van der Waals surface area contributed by atoms with E-state index >= 15 is 0 Å². The number of anilines is 1. The van der Waals surface area contributed by atoms with Crippen LogP contribution in [0.25, 0.3) is 0 Å². The number of carbonyl (C=O) groups is 2. The second-order valence-electron chi connectivity index (χ2n) is 6.06. The average molecular weight is 401 g/mol. The summed E-state index contributed by atoms with van der Waals surface area (Å²) >= 11 is 1.22. The number of nitrogens with one attached hydrogen (secondary N) is 1. The van der Waals surface area contributed by atoms with Gasteiger partial charge in [-0.3, -0.25) is 14.5 Å². The van der Waals surface area contributed by atoms with Crippen LogP contribution in [0.2, 0.25) is 0 Å². The molecule has 1 aliphatic rings. The molecule has 0 spiro atoms. The number of hydrogen-bond donors (Lipinski definition) is 1. The van der Waals surface area contributed by atoms with Crippen molar-refractivity contribution in [1.82, 2.24) is 4.90 Å². The molecule has 0 unspecified atom stereocenters. The molecular weight excluding hydrogens is 381 g/mol. The smallest absolute Gasteiger partial charge is 0.242 e. The van der Waals surface area contributed by atoms with Crippen LogP contribution in [-0.2, 0) is 9.59 Å². The largest absolute Gasteiger partial charge is 0.494 e. The number of aliphatic imine (C=N–C) groups is 1. The van der Waals surface area contributed by atoms with Crippen molar-refractivity contribution in [3.63, 3.8) is 0 Å². The van der Waals surface area contributed by atoms with Gasteiger partial charge in [-0.25, -0.2) is 9.38 Å². The summed E-state index contributed by atoms with van der Waals surface area (Å²) < 4.78 is 19.1. The Morgan fingerprint density at radius 1 is 1.25 bits per heavy atom. The van der Waals surface area contributed by atoms with Gasteiger partial charge in [0.25, 0.3) is 0 Å². The number of rotatable bonds is 6. The van der Waals surface area contributed by atoms with Gasteiger partial charge in [-0.15, -0.1) is 0 Å². The van der Waals surface area contributed by atoms with Crippen LogP contribution in [0.1, 0.15) is 13.3 Å². The summed E-state index contributed by atoms with van der Waals surface area (Å²) in [5.41, 5.74) is 0.779. The van der Waals surface area contributed by atoms with Crippen molar-refractivity contribution in [1.29, 1.82) is 0 Å². The normalized spacial score (nSPS) is 17.8. The van der Waals surface area contributed by atoms with E-state index < -0.39 is 17.0 Å². The van der Waals surface area contributed by atoms with Crippen LogP contribution < -0.4 is 10.1 Å². The first-order chi connectivity index (χ1) is 13.5. The molecule has 0 radical (unpaired) electrons. The lowest BCUT2D eigenvalue weighted by atomic mass is 10.2. The molecule has 1 heterocycles. The van der Waals surface area contributed by atoms with Gasteiger partial charge in [0.2, 0.25) is 11.8 Å². The molecule has 0 aliphatic carbocycles. The van der Waals surface area contributed by atoms with Gasteiger partial charge >= 0.3 is 0 Å². The van der Waals surface area contributed by atoms with Gasteiger partial charge in [-0.1, -0.05) is 23.9 Å². The number of amidine groups is 1. The minimum atomic E-state index is -0.599. The summed E-state index contributed by atoms with van der Waals surface area (Å²) in [5.74, 6) is -0.404. The van der Waals surface area contributed by atoms with Gasteiger partial charge in [0, 0.05) is 13.5 Å². The SMILES string of the molecule is CCOc1ccc(N=C2S[C@H](CC(=O)Nc3ccccc3F)C(=O)N2C)cc1. The summed E-state index contributed by atoms with van der Waals surface area (Å²) in [6.07, 6.45) is -0.0650. The molecule has 2 aromatic carbocycles. The molecule has 1 aliphatic heterocycles. The topological polar surface area (TPSA) is 71.0 Å². The first-order valence-corrected chi connectivity index (χ1v) is 9.66. The number of amides is 2. The fourth-order valence-corrected chi connectivity index (χ4v) is 3.78. The van der Waals surface area contributed by atoms with E-state index in [1.807, 2.05) is 19.1 Å². The summed E-state index contributed by atoms with van der Waals surface area (Å²) in [5, 5.41) is 2.42. The third kappa shape index (κ3) is 4.69. The van der Waals surface area contributed by atoms with Gasteiger partial charge in [0.15, 0.2) is 5.17 Å². The lowest BCUT2D eigenvalue weighted by molar-refractivity contribution is -0.127. The highest BCUT2D eigenvalue weighted by molar-refractivity contribution is 8.15. The predicted molar refractivity (Wildman–Crippen MR) is 109 cm³/mol. The Bertz CT molecular complexity index is 902. The van der Waals surface area contributed by atoms with Gasteiger partial charge < -0.3 is 10.1 Å². The van der Waals surface area contributed by atoms with E-state index in [1.54, 1.807) is 31.3 Å². The van der Waals surface area contributed by atoms with E-state index in [2.05, 4.69) is 10.3 Å². The van der Waals surface area contributed by atoms with E-state index in [4.69, 9.17) is 4.74 Å². The van der Waals surface area contributed by atoms with E-state index in [9.17, 15) is 14.0 Å². The number of carbonyl (C=O) groups excluding carboxylic acids is 2. The maximum Gasteiger partial charge on any atom is 0.242 e. The Morgan fingerprint density at radius 2 is 1.96 bits per heavy atom. The number of thioether (sulfide) groups is 1. The molecule has 6 nitrogen and oxygen atoms in total. The van der Waals surface area contributed by atoms with Crippen LogP contribution >= 0.6 is 11.8 Å². The van der Waals surface area contributed by atoms with Crippen LogP contribution in [0.4, 0.5) is 15.8 Å². The number of ether oxygens (including phenoxy) is 1.